The number of hydrogen-bond donors (Lipinski definition) is 3. The number of halogens is 3. The topological polar surface area (TPSA) is 119 Å². The molecule has 3 aromatic rings. The summed E-state index contributed by atoms with van der Waals surface area (Å²) in [6.45, 7) is 0.0593. The van der Waals surface area contributed by atoms with Crippen molar-refractivity contribution in [2.24, 2.45) is 5.84 Å². The van der Waals surface area contributed by atoms with Gasteiger partial charge in [0.15, 0.2) is 5.82 Å². The highest BCUT2D eigenvalue weighted by molar-refractivity contribution is 9.10. The summed E-state index contributed by atoms with van der Waals surface area (Å²) in [6.07, 6.45) is 2.42. The van der Waals surface area contributed by atoms with Crippen molar-refractivity contribution in [1.82, 2.24) is 15.0 Å². The van der Waals surface area contributed by atoms with Crippen molar-refractivity contribution in [3.63, 3.8) is 0 Å². The van der Waals surface area contributed by atoms with Gasteiger partial charge in [-0.2, -0.15) is 0 Å². The molecule has 1 aromatic heterocycles. The molecular weight excluding hydrogens is 489 g/mol. The van der Waals surface area contributed by atoms with Crippen molar-refractivity contribution in [3.05, 3.63) is 51.5 Å². The summed E-state index contributed by atoms with van der Waals surface area (Å²) in [6, 6.07) is 6.33. The van der Waals surface area contributed by atoms with Crippen molar-refractivity contribution in [3.8, 4) is 0 Å². The number of imidazole rings is 1. The van der Waals surface area contributed by atoms with E-state index in [2.05, 4.69) is 26.2 Å². The molecule has 0 atom stereocenters. The molecule has 4 N–H and O–H groups in total. The van der Waals surface area contributed by atoms with E-state index in [1.54, 1.807) is 18.2 Å². The standard InChI is InChI=1S/C17H16BrClFN5O3S/c1-29(27,28)5-4-25-8-22-16-13(25)7-10(17(26)24-21)15(14(16)20)23-12-3-2-9(18)6-11(12)19/h2-3,6-8,23H,4-5,21H2,1H3,(H,24,26). The predicted octanol–water partition coefficient (Wildman–Crippen LogP) is 2.98. The lowest BCUT2D eigenvalue weighted by atomic mass is 10.1. The van der Waals surface area contributed by atoms with E-state index < -0.39 is 21.6 Å². The Hall–Kier alpha value is -2.21. The van der Waals surface area contributed by atoms with Crippen LogP contribution in [0.4, 0.5) is 15.8 Å². The summed E-state index contributed by atoms with van der Waals surface area (Å²) in [5.41, 5.74) is 2.35. The molecule has 0 fully saturated rings. The Morgan fingerprint density at radius 3 is 2.72 bits per heavy atom. The van der Waals surface area contributed by atoms with E-state index in [4.69, 9.17) is 17.4 Å². The monoisotopic (exact) mass is 503 g/mol. The Labute approximate surface area is 179 Å². The van der Waals surface area contributed by atoms with Gasteiger partial charge in [0.25, 0.3) is 5.91 Å². The fraction of sp³-hybridized carbons (Fsp3) is 0.176. The van der Waals surface area contributed by atoms with Crippen LogP contribution < -0.4 is 16.6 Å². The van der Waals surface area contributed by atoms with Gasteiger partial charge in [-0.15, -0.1) is 0 Å². The maximum atomic E-state index is 15.3. The first-order valence-corrected chi connectivity index (χ1v) is 11.4. The SMILES string of the molecule is CS(=O)(=O)CCn1cnc2c(F)c(Nc3ccc(Br)cc3Cl)c(C(=O)NN)cc21. The van der Waals surface area contributed by atoms with Crippen LogP contribution >= 0.6 is 27.5 Å². The molecule has 2 aromatic carbocycles. The van der Waals surface area contributed by atoms with E-state index in [1.165, 1.54) is 17.0 Å². The number of aryl methyl sites for hydroxylation is 1. The first kappa shape index (κ1) is 21.5. The molecule has 1 heterocycles. The van der Waals surface area contributed by atoms with Gasteiger partial charge in [0.1, 0.15) is 15.4 Å². The summed E-state index contributed by atoms with van der Waals surface area (Å²) < 4.78 is 40.4. The number of carbonyl (C=O) groups is 1. The number of nitrogen functional groups attached to an aromatic ring is 1. The number of carbonyl (C=O) groups excluding carboxylic acids is 1. The lowest BCUT2D eigenvalue weighted by Gasteiger charge is -2.15. The maximum absolute atomic E-state index is 15.3. The summed E-state index contributed by atoms with van der Waals surface area (Å²) in [5, 5.41) is 3.12. The number of benzene rings is 2. The van der Waals surface area contributed by atoms with Crippen LogP contribution in [0.25, 0.3) is 11.0 Å². The van der Waals surface area contributed by atoms with Crippen molar-refractivity contribution in [2.45, 2.75) is 6.54 Å². The number of anilines is 2. The zero-order chi connectivity index (χ0) is 21.3. The number of fused-ring (bicyclic) bond motifs is 1. The molecule has 1 amide bonds. The van der Waals surface area contributed by atoms with Gasteiger partial charge >= 0.3 is 0 Å². The second-order valence-electron chi connectivity index (χ2n) is 6.27. The van der Waals surface area contributed by atoms with Gasteiger partial charge in [0.2, 0.25) is 0 Å². The van der Waals surface area contributed by atoms with Crippen LogP contribution in [0.1, 0.15) is 10.4 Å². The van der Waals surface area contributed by atoms with Crippen LogP contribution in [0.2, 0.25) is 5.02 Å². The first-order valence-electron chi connectivity index (χ1n) is 8.19. The number of hydrogen-bond acceptors (Lipinski definition) is 6. The molecule has 8 nitrogen and oxygen atoms in total. The zero-order valence-corrected chi connectivity index (χ0v) is 18.2. The van der Waals surface area contributed by atoms with Gasteiger partial charge in [-0.05, 0) is 24.3 Å². The number of hydrazine groups is 1. The van der Waals surface area contributed by atoms with Crippen LogP contribution in [0, 0.1) is 5.82 Å². The molecule has 0 unspecified atom stereocenters. The van der Waals surface area contributed by atoms with Gasteiger partial charge in [-0.3, -0.25) is 10.2 Å². The van der Waals surface area contributed by atoms with Gasteiger partial charge in [-0.1, -0.05) is 27.5 Å². The third-order valence-corrected chi connectivity index (χ3v) is 5.86. The summed E-state index contributed by atoms with van der Waals surface area (Å²) in [4.78, 5) is 16.3. The number of nitrogens with zero attached hydrogens (tertiary/aromatic N) is 2. The zero-order valence-electron chi connectivity index (χ0n) is 15.0. The number of sulfone groups is 1. The summed E-state index contributed by atoms with van der Waals surface area (Å²) >= 11 is 9.47. The molecule has 154 valence electrons. The largest absolute Gasteiger partial charge is 0.351 e. The number of nitrogens with one attached hydrogen (secondary N) is 2. The Bertz CT molecular complexity index is 1220. The molecule has 29 heavy (non-hydrogen) atoms. The van der Waals surface area contributed by atoms with Gasteiger partial charge in [0, 0.05) is 17.3 Å². The second-order valence-corrected chi connectivity index (χ2v) is 9.85. The van der Waals surface area contributed by atoms with E-state index in [1.807, 2.05) is 5.43 Å². The quantitative estimate of drug-likeness (QED) is 0.270. The van der Waals surface area contributed by atoms with E-state index in [9.17, 15) is 13.2 Å². The lowest BCUT2D eigenvalue weighted by molar-refractivity contribution is 0.0954. The van der Waals surface area contributed by atoms with Gasteiger partial charge < -0.3 is 9.88 Å². The first-order chi connectivity index (χ1) is 13.6. The molecule has 0 aliphatic heterocycles. The molecule has 3 rings (SSSR count). The minimum Gasteiger partial charge on any atom is -0.351 e. The molecular formula is C17H16BrClFN5O3S. The van der Waals surface area contributed by atoms with Crippen LogP contribution in [-0.2, 0) is 16.4 Å². The average molecular weight is 505 g/mol. The number of rotatable bonds is 6. The normalized spacial score (nSPS) is 11.6. The average Bonchev–Trinajstić information content (AvgIpc) is 3.06. The minimum absolute atomic E-state index is 0.0252. The maximum Gasteiger partial charge on any atom is 0.267 e. The highest BCUT2D eigenvalue weighted by atomic mass is 79.9. The number of amides is 1. The van der Waals surface area contributed by atoms with Crippen LogP contribution in [0.15, 0.2) is 35.1 Å². The Kier molecular flexibility index (Phi) is 6.13. The van der Waals surface area contributed by atoms with E-state index in [0.717, 1.165) is 10.7 Å². The highest BCUT2D eigenvalue weighted by Crippen LogP contribution is 2.34. The van der Waals surface area contributed by atoms with Crippen LogP contribution in [-0.4, -0.2) is 35.9 Å². The molecule has 0 saturated heterocycles. The molecule has 0 spiro atoms. The Balaban J connectivity index is 2.14. The van der Waals surface area contributed by atoms with Crippen molar-refractivity contribution >= 4 is 65.7 Å². The molecule has 0 aliphatic carbocycles. The second kappa shape index (κ2) is 8.27. The third-order valence-electron chi connectivity index (χ3n) is 4.13. The Morgan fingerprint density at radius 2 is 2.10 bits per heavy atom. The van der Waals surface area contributed by atoms with Crippen molar-refractivity contribution in [2.75, 3.05) is 17.3 Å². The highest BCUT2D eigenvalue weighted by Gasteiger charge is 2.22. The molecule has 0 radical (unpaired) electrons. The smallest absolute Gasteiger partial charge is 0.267 e. The van der Waals surface area contributed by atoms with Crippen LogP contribution in [0.5, 0.6) is 0 Å². The summed E-state index contributed by atoms with van der Waals surface area (Å²) in [7, 11) is -3.24. The molecule has 0 saturated carbocycles. The fourth-order valence-corrected chi connectivity index (χ4v) is 3.95. The van der Waals surface area contributed by atoms with E-state index >= 15 is 4.39 Å². The van der Waals surface area contributed by atoms with Crippen LogP contribution in [0.3, 0.4) is 0 Å². The molecule has 0 bridgehead atoms. The number of nitrogens with two attached hydrogens (primary N) is 1. The Morgan fingerprint density at radius 1 is 1.38 bits per heavy atom. The fourth-order valence-electron chi connectivity index (χ4n) is 2.70. The molecule has 0 aliphatic rings. The van der Waals surface area contributed by atoms with E-state index in [-0.39, 0.29) is 34.6 Å². The van der Waals surface area contributed by atoms with Crippen molar-refractivity contribution < 1.29 is 17.6 Å². The predicted molar refractivity (Wildman–Crippen MR) is 113 cm³/mol. The third kappa shape index (κ3) is 4.69. The summed E-state index contributed by atoms with van der Waals surface area (Å²) in [5.74, 6) is 3.56. The number of aromatic nitrogens is 2. The van der Waals surface area contributed by atoms with Gasteiger partial charge in [-0.25, -0.2) is 23.6 Å². The minimum atomic E-state index is -3.24. The molecule has 12 heteroatoms. The lowest BCUT2D eigenvalue weighted by Crippen LogP contribution is -2.30. The van der Waals surface area contributed by atoms with Gasteiger partial charge in [0.05, 0.1) is 39.6 Å². The van der Waals surface area contributed by atoms with Crippen molar-refractivity contribution in [1.29, 1.82) is 0 Å². The van der Waals surface area contributed by atoms with E-state index in [0.29, 0.717) is 10.7 Å².